The highest BCUT2D eigenvalue weighted by molar-refractivity contribution is 6.08. The molecule has 8 heteroatoms. The van der Waals surface area contributed by atoms with Crippen molar-refractivity contribution in [2.45, 2.75) is 25.4 Å². The molecule has 0 saturated heterocycles. The Morgan fingerprint density at radius 2 is 1.86 bits per heavy atom. The molecule has 0 bridgehead atoms. The Morgan fingerprint density at radius 3 is 2.57 bits per heavy atom. The lowest BCUT2D eigenvalue weighted by molar-refractivity contribution is -0.137. The first kappa shape index (κ1) is 25.8. The first-order chi connectivity index (χ1) is 17.6. The summed E-state index contributed by atoms with van der Waals surface area (Å²) in [5.41, 5.74) is 8.50. The number of Topliss-reactive ketones (excluding diaryl/α,β-unsaturated/α-hetero) is 1. The number of fused-ring (bicyclic) bond motifs is 1. The van der Waals surface area contributed by atoms with E-state index in [-0.39, 0.29) is 29.9 Å². The van der Waals surface area contributed by atoms with Crippen molar-refractivity contribution in [1.29, 1.82) is 0 Å². The highest BCUT2D eigenvalue weighted by atomic mass is 19.4. The summed E-state index contributed by atoms with van der Waals surface area (Å²) < 4.78 is 44.6. The van der Waals surface area contributed by atoms with E-state index in [2.05, 4.69) is 11.6 Å². The fourth-order valence-corrected chi connectivity index (χ4v) is 4.37. The van der Waals surface area contributed by atoms with E-state index in [1.165, 1.54) is 13.2 Å². The van der Waals surface area contributed by atoms with Crippen LogP contribution in [0, 0.1) is 0 Å². The number of aromatic nitrogens is 1. The van der Waals surface area contributed by atoms with Crippen LogP contribution in [0.2, 0.25) is 0 Å². The van der Waals surface area contributed by atoms with Crippen LogP contribution in [0.5, 0.6) is 5.75 Å². The van der Waals surface area contributed by atoms with Crippen LogP contribution in [0.4, 0.5) is 13.2 Å². The third-order valence-electron chi connectivity index (χ3n) is 6.27. The van der Waals surface area contributed by atoms with Crippen LogP contribution in [0.3, 0.4) is 0 Å². The van der Waals surface area contributed by atoms with Crippen molar-refractivity contribution in [1.82, 2.24) is 4.98 Å². The van der Waals surface area contributed by atoms with E-state index in [0.717, 1.165) is 28.6 Å². The van der Waals surface area contributed by atoms with Crippen LogP contribution < -0.4 is 10.5 Å². The van der Waals surface area contributed by atoms with Crippen LogP contribution in [-0.4, -0.2) is 23.8 Å². The monoisotopic (exact) mass is 506 g/mol. The maximum atomic E-state index is 13.1. The molecule has 0 fully saturated rings. The maximum absolute atomic E-state index is 13.1. The minimum absolute atomic E-state index is 0.0315. The van der Waals surface area contributed by atoms with E-state index < -0.39 is 17.6 Å². The van der Waals surface area contributed by atoms with Gasteiger partial charge in [-0.2, -0.15) is 13.2 Å². The van der Waals surface area contributed by atoms with Gasteiger partial charge in [0, 0.05) is 28.5 Å². The lowest BCUT2D eigenvalue weighted by atomic mass is 9.96. The van der Waals surface area contributed by atoms with Gasteiger partial charge < -0.3 is 15.5 Å². The summed E-state index contributed by atoms with van der Waals surface area (Å²) in [7, 11) is 1.37. The average Bonchev–Trinajstić information content (AvgIpc) is 3.10. The summed E-state index contributed by atoms with van der Waals surface area (Å²) in [5, 5.41) is 0.848. The van der Waals surface area contributed by atoms with Crippen molar-refractivity contribution in [3.8, 4) is 5.75 Å². The van der Waals surface area contributed by atoms with Crippen LogP contribution >= 0.6 is 0 Å². The molecular weight excluding hydrogens is 481 g/mol. The maximum Gasteiger partial charge on any atom is 0.416 e. The number of nitrogens with one attached hydrogen (secondary N) is 1. The Kier molecular flexibility index (Phi) is 7.20. The van der Waals surface area contributed by atoms with Crippen LogP contribution in [0.1, 0.15) is 40.0 Å². The molecule has 0 aliphatic heterocycles. The molecule has 0 spiro atoms. The van der Waals surface area contributed by atoms with Crippen LogP contribution in [-0.2, 0) is 17.4 Å². The molecule has 3 N–H and O–H groups in total. The van der Waals surface area contributed by atoms with Gasteiger partial charge >= 0.3 is 6.18 Å². The van der Waals surface area contributed by atoms with Gasteiger partial charge in [0.2, 0.25) is 0 Å². The first-order valence-electron chi connectivity index (χ1n) is 11.6. The summed E-state index contributed by atoms with van der Waals surface area (Å²) in [6, 6.07) is 10.7. The van der Waals surface area contributed by atoms with Gasteiger partial charge in [-0.1, -0.05) is 49.1 Å². The lowest BCUT2D eigenvalue weighted by Gasteiger charge is -2.13. The summed E-state index contributed by atoms with van der Waals surface area (Å²) in [6.07, 6.45) is 3.34. The SMILES string of the molecule is C=C(C(=O)CCc1cc(C(F)(F)F)ccc1OC)C1=CCC=C(c2c(C(N)=O)[nH]c3ccccc23)C=C1. The number of halogens is 3. The minimum atomic E-state index is -4.49. The standard InChI is InChI=1S/C29H25F3N2O3/c1-17(24(35)14-12-20-16-21(29(30,31)32)13-15-25(20)37-2)18-6-5-7-19(11-10-18)26-22-8-3-4-9-23(22)34-27(26)28(33)36/h3-4,6-11,13,15-16,34H,1,5,12,14H2,2H3,(H2,33,36). The number of aromatic amines is 1. The summed E-state index contributed by atoms with van der Waals surface area (Å²) in [4.78, 5) is 28.1. The largest absolute Gasteiger partial charge is 0.496 e. The van der Waals surface area contributed by atoms with Gasteiger partial charge in [0.1, 0.15) is 11.4 Å². The van der Waals surface area contributed by atoms with Gasteiger partial charge in [0.15, 0.2) is 5.78 Å². The van der Waals surface area contributed by atoms with E-state index in [1.807, 2.05) is 36.4 Å². The molecule has 0 atom stereocenters. The molecule has 0 unspecified atom stereocenters. The second-order valence-corrected chi connectivity index (χ2v) is 8.60. The van der Waals surface area contributed by atoms with Gasteiger partial charge in [0.25, 0.3) is 5.91 Å². The fourth-order valence-electron chi connectivity index (χ4n) is 4.37. The van der Waals surface area contributed by atoms with Crippen molar-refractivity contribution in [3.63, 3.8) is 0 Å². The second kappa shape index (κ2) is 10.3. The zero-order chi connectivity index (χ0) is 26.7. The number of amides is 1. The second-order valence-electron chi connectivity index (χ2n) is 8.60. The number of primary amides is 1. The van der Waals surface area contributed by atoms with Crippen LogP contribution in [0.15, 0.2) is 84.5 Å². The van der Waals surface area contributed by atoms with Crippen molar-refractivity contribution < 1.29 is 27.5 Å². The van der Waals surface area contributed by atoms with Crippen molar-refractivity contribution in [2.24, 2.45) is 5.73 Å². The number of para-hydroxylation sites is 1. The summed E-state index contributed by atoms with van der Waals surface area (Å²) in [6.45, 7) is 3.93. The molecule has 1 aliphatic rings. The topological polar surface area (TPSA) is 85.2 Å². The molecular formula is C29H25F3N2O3. The molecule has 37 heavy (non-hydrogen) atoms. The van der Waals surface area contributed by atoms with E-state index in [1.54, 1.807) is 12.2 Å². The Bertz CT molecular complexity index is 1490. The molecule has 4 rings (SSSR count). The molecule has 0 saturated carbocycles. The fraction of sp³-hybridized carbons (Fsp3) is 0.172. The summed E-state index contributed by atoms with van der Waals surface area (Å²) >= 11 is 0. The third-order valence-corrected chi connectivity index (χ3v) is 6.27. The quantitative estimate of drug-likeness (QED) is 0.351. The summed E-state index contributed by atoms with van der Waals surface area (Å²) in [5.74, 6) is -0.580. The van der Waals surface area contributed by atoms with Gasteiger partial charge in [-0.05, 0) is 53.8 Å². The Labute approximate surface area is 211 Å². The third kappa shape index (κ3) is 5.43. The van der Waals surface area contributed by atoms with E-state index in [4.69, 9.17) is 10.5 Å². The number of carbonyl (C=O) groups is 2. The highest BCUT2D eigenvalue weighted by Crippen LogP contribution is 2.34. The lowest BCUT2D eigenvalue weighted by Crippen LogP contribution is -2.13. The predicted octanol–water partition coefficient (Wildman–Crippen LogP) is 6.32. The van der Waals surface area contributed by atoms with Gasteiger partial charge in [0.05, 0.1) is 12.7 Å². The van der Waals surface area contributed by atoms with Crippen LogP contribution in [0.25, 0.3) is 16.5 Å². The van der Waals surface area contributed by atoms with E-state index in [0.29, 0.717) is 28.8 Å². The highest BCUT2D eigenvalue weighted by Gasteiger charge is 2.31. The predicted molar refractivity (Wildman–Crippen MR) is 137 cm³/mol. The van der Waals surface area contributed by atoms with Crippen molar-refractivity contribution >= 4 is 28.2 Å². The Hall–Kier alpha value is -4.33. The number of ketones is 1. The Morgan fingerprint density at radius 1 is 1.11 bits per heavy atom. The average molecular weight is 507 g/mol. The normalized spacial score (nSPS) is 13.6. The smallest absolute Gasteiger partial charge is 0.416 e. The number of methoxy groups -OCH3 is 1. The molecule has 5 nitrogen and oxygen atoms in total. The molecule has 1 aromatic heterocycles. The molecule has 0 radical (unpaired) electrons. The zero-order valence-electron chi connectivity index (χ0n) is 20.1. The van der Waals surface area contributed by atoms with Crippen molar-refractivity contribution in [3.05, 3.63) is 107 Å². The molecule has 3 aromatic rings. The van der Waals surface area contributed by atoms with E-state index in [9.17, 15) is 22.8 Å². The number of benzene rings is 2. The number of ether oxygens (including phenoxy) is 1. The van der Waals surface area contributed by atoms with E-state index >= 15 is 0 Å². The first-order valence-corrected chi connectivity index (χ1v) is 11.6. The number of nitrogens with two attached hydrogens (primary N) is 1. The van der Waals surface area contributed by atoms with Gasteiger partial charge in [-0.3, -0.25) is 9.59 Å². The number of rotatable bonds is 8. The molecule has 1 amide bonds. The number of alkyl halides is 3. The Balaban J connectivity index is 1.51. The number of allylic oxidation sites excluding steroid dienone is 7. The van der Waals surface area contributed by atoms with Gasteiger partial charge in [-0.25, -0.2) is 0 Å². The molecule has 1 heterocycles. The number of aryl methyl sites for hydroxylation is 1. The minimum Gasteiger partial charge on any atom is -0.496 e. The van der Waals surface area contributed by atoms with Gasteiger partial charge in [-0.15, -0.1) is 0 Å². The zero-order valence-corrected chi connectivity index (χ0v) is 20.1. The van der Waals surface area contributed by atoms with Crippen molar-refractivity contribution in [2.75, 3.05) is 7.11 Å². The molecule has 190 valence electrons. The number of H-pyrrole nitrogens is 1. The molecule has 2 aromatic carbocycles. The molecule has 1 aliphatic carbocycles. The number of carbonyl (C=O) groups excluding carboxylic acids is 2. The number of hydrogen-bond donors (Lipinski definition) is 2. The number of hydrogen-bond acceptors (Lipinski definition) is 3.